The Morgan fingerprint density at radius 3 is 1.38 bits per heavy atom. The van der Waals surface area contributed by atoms with E-state index in [4.69, 9.17) is 61.8 Å². The third-order valence-corrected chi connectivity index (χ3v) is 16.1. The lowest BCUT2D eigenvalue weighted by molar-refractivity contribution is -0.0949. The molecule has 2 saturated heterocycles. The number of halogens is 1. The predicted molar refractivity (Wildman–Crippen MR) is 208 cm³/mol. The fourth-order valence-electron chi connectivity index (χ4n) is 5.93. The van der Waals surface area contributed by atoms with Gasteiger partial charge >= 0.3 is 46.9 Å². The van der Waals surface area contributed by atoms with Gasteiger partial charge in [-0.3, -0.25) is 18.2 Å². The lowest BCUT2D eigenvalue weighted by Crippen LogP contribution is -2.44. The highest BCUT2D eigenvalue weighted by atomic mass is 31.3. The Labute approximate surface area is 364 Å². The maximum Gasteiger partial charge on any atom is 0.490 e. The van der Waals surface area contributed by atoms with Crippen LogP contribution in [-0.2, 0) is 63.2 Å². The number of ether oxygens (including phenoxy) is 2. The van der Waals surface area contributed by atoms with Crippen LogP contribution in [0.15, 0.2) is 12.7 Å². The lowest BCUT2D eigenvalue weighted by Gasteiger charge is -2.27. The molecule has 2 aliphatic rings. The highest BCUT2D eigenvalue weighted by molar-refractivity contribution is 7.67. The number of fused-ring (bicyclic) bond motifs is 2. The molecule has 0 aliphatic carbocycles. The molecule has 66 heavy (non-hydrogen) atoms. The van der Waals surface area contributed by atoms with E-state index in [1.807, 2.05) is 0 Å². The Bertz CT molecular complexity index is 2590. The molecular weight excluding hydrogens is 1040 g/mol. The minimum Gasteiger partial charge on any atom is -0.387 e. The molecule has 6 heterocycles. The smallest absolute Gasteiger partial charge is 0.387 e. The number of nitrogen functional groups attached to an aromatic ring is 4. The number of rotatable bonds is 16. The first-order chi connectivity index (χ1) is 29.8. The van der Waals surface area contributed by atoms with Crippen molar-refractivity contribution in [2.75, 3.05) is 36.1 Å². The van der Waals surface area contributed by atoms with Gasteiger partial charge < -0.3 is 86.9 Å². The molecule has 4 aromatic heterocycles. The average Bonchev–Trinajstić information content (AvgIpc) is 3.82. The van der Waals surface area contributed by atoms with E-state index in [-0.39, 0.29) is 45.9 Å². The number of hydrogen-bond donors (Lipinski definition) is 15. The molecule has 4 aromatic rings. The van der Waals surface area contributed by atoms with Crippen molar-refractivity contribution in [1.82, 2.24) is 39.0 Å². The summed E-state index contributed by atoms with van der Waals surface area (Å²) in [4.78, 5) is 94.7. The molecule has 12 atom stereocenters. The number of alkyl halides is 1. The summed E-state index contributed by atoms with van der Waals surface area (Å²) < 4.78 is 119. The van der Waals surface area contributed by atoms with Crippen molar-refractivity contribution >= 4 is 92.8 Å². The van der Waals surface area contributed by atoms with Crippen molar-refractivity contribution in [3.05, 3.63) is 12.7 Å². The third kappa shape index (κ3) is 12.7. The molecular formula is C22H37FN12O25P6. The van der Waals surface area contributed by atoms with Gasteiger partial charge in [-0.1, -0.05) is 0 Å². The number of hydrogen-bond acceptors (Lipinski definition) is 27. The highest BCUT2D eigenvalue weighted by Crippen LogP contribution is 2.67. The quantitative estimate of drug-likeness (QED) is 0.0523. The first kappa shape index (κ1) is 53.8. The van der Waals surface area contributed by atoms with Crippen molar-refractivity contribution in [2.45, 2.75) is 62.0 Å². The number of phosphoric ester groups is 2. The summed E-state index contributed by atoms with van der Waals surface area (Å²) in [6.45, 7) is 0.0238. The number of aliphatic hydroxyl groups is 3. The molecule has 372 valence electrons. The van der Waals surface area contributed by atoms with Crippen LogP contribution >= 0.6 is 46.9 Å². The van der Waals surface area contributed by atoms with Crippen LogP contribution in [0.25, 0.3) is 22.3 Å². The van der Waals surface area contributed by atoms with Gasteiger partial charge in [-0.2, -0.15) is 37.2 Å². The number of aliphatic hydroxyl groups excluding tert-OH is 2. The monoisotopic (exact) mass is 1070 g/mol. The van der Waals surface area contributed by atoms with Crippen molar-refractivity contribution in [2.24, 2.45) is 0 Å². The zero-order chi connectivity index (χ0) is 50.0. The van der Waals surface area contributed by atoms with Crippen LogP contribution in [0.2, 0.25) is 0 Å². The normalized spacial score (nSPS) is 29.7. The van der Waals surface area contributed by atoms with Gasteiger partial charge in [-0.05, 0) is 13.8 Å². The van der Waals surface area contributed by atoms with Gasteiger partial charge in [0.1, 0.15) is 41.1 Å². The van der Waals surface area contributed by atoms with E-state index in [1.165, 1.54) is 0 Å². The van der Waals surface area contributed by atoms with E-state index >= 15 is 4.39 Å². The highest BCUT2D eigenvalue weighted by Gasteiger charge is 2.57. The first-order valence-corrected chi connectivity index (χ1v) is 26.0. The number of imidazole rings is 2. The van der Waals surface area contributed by atoms with E-state index in [2.05, 4.69) is 56.2 Å². The minimum absolute atomic E-state index is 0.0333. The average molecular weight is 1070 g/mol. The van der Waals surface area contributed by atoms with E-state index in [1.54, 1.807) is 0 Å². The van der Waals surface area contributed by atoms with E-state index < -0.39 is 108 Å². The van der Waals surface area contributed by atoms with Crippen molar-refractivity contribution < 1.29 is 122 Å². The second kappa shape index (κ2) is 18.6. The third-order valence-electron chi connectivity index (χ3n) is 8.54. The standard InChI is InChI=1S/C11H18FN6O12P3.C11H19N6O13P3/c1-11(12)6(19)4(2-27-32(23,24)30-33(25,26)29-31(20,21)22)28-9(11)18-3-15-5-7(13)16-10(14)17-8(5)18;1-11(19)6(18)4(2-27-32(23,24)30-33(25,26)29-31(20,21)22)28-9(11)17-3-14-5-7(12)15-10(13)16-8(5)17/h3-4,6,9,19H,2H2,1H3,(H,23,24)(H,25,26)(H2,20,21,22)(H4,13,14,16,17);3-4,6,9,18-19H,2H2,1H3,(H,23,24)(H,25,26)(H2,20,21,22)(H4,12,13,15,16)/t2*4-,6+,9-,11?/m11/s1. The Morgan fingerprint density at radius 1 is 0.621 bits per heavy atom. The van der Waals surface area contributed by atoms with Crippen molar-refractivity contribution in [3.63, 3.8) is 0 Å². The number of nitrogens with two attached hydrogens (primary N) is 4. The molecule has 2 aliphatic heterocycles. The number of nitrogens with zero attached hydrogens (tertiary/aromatic N) is 8. The molecule has 2 fully saturated rings. The SMILES string of the molecule is CC1(F)[C@@H](O)[C@@H](COP(=O)(O)OP(=O)(O)OP(=O)(O)O)O[C@H]1n1cnc2c(N)nc(N)nc21.CC1(O)[C@@H](O)[C@@H](COP(=O)(O)OP(=O)(O)OP(=O)(O)O)O[C@H]1n1cnc2c(N)nc(N)nc21. The van der Waals surface area contributed by atoms with E-state index in [0.717, 1.165) is 35.6 Å². The van der Waals surface area contributed by atoms with Gasteiger partial charge in [-0.25, -0.2) is 41.7 Å². The molecule has 0 bridgehead atoms. The Hall–Kier alpha value is -3.15. The fraction of sp³-hybridized carbons (Fsp3) is 0.545. The van der Waals surface area contributed by atoms with Crippen molar-refractivity contribution in [1.29, 1.82) is 0 Å². The number of anilines is 4. The van der Waals surface area contributed by atoms with Gasteiger partial charge in [0.15, 0.2) is 41.1 Å². The summed E-state index contributed by atoms with van der Waals surface area (Å²) in [7, 11) is -33.6. The first-order valence-electron chi connectivity index (χ1n) is 17.0. The summed E-state index contributed by atoms with van der Waals surface area (Å²) >= 11 is 0. The van der Waals surface area contributed by atoms with Crippen molar-refractivity contribution in [3.8, 4) is 0 Å². The molecule has 0 radical (unpaired) electrons. The zero-order valence-electron chi connectivity index (χ0n) is 32.6. The fourth-order valence-corrected chi connectivity index (χ4v) is 12.0. The van der Waals surface area contributed by atoms with Crippen LogP contribution in [0.5, 0.6) is 0 Å². The van der Waals surface area contributed by atoms with Crippen LogP contribution in [0.4, 0.5) is 27.9 Å². The van der Waals surface area contributed by atoms with Gasteiger partial charge in [-0.15, -0.1) is 0 Å². The number of phosphoric acid groups is 6. The summed E-state index contributed by atoms with van der Waals surface area (Å²) in [5.74, 6) is -0.660. The van der Waals surface area contributed by atoms with E-state index in [0.29, 0.717) is 0 Å². The summed E-state index contributed by atoms with van der Waals surface area (Å²) in [5, 5.41) is 31.5. The molecule has 0 saturated carbocycles. The molecule has 19 N–H and O–H groups in total. The molecule has 6 rings (SSSR count). The molecule has 44 heteroatoms. The Balaban J connectivity index is 0.000000247. The minimum atomic E-state index is -5.76. The maximum absolute atomic E-state index is 15.3. The molecule has 6 unspecified atom stereocenters. The Kier molecular flexibility index (Phi) is 15.2. The van der Waals surface area contributed by atoms with Crippen LogP contribution in [-0.4, -0.2) is 142 Å². The van der Waals surface area contributed by atoms with Gasteiger partial charge in [0, 0.05) is 0 Å². The Morgan fingerprint density at radius 2 is 0.985 bits per heavy atom. The second-order valence-corrected chi connectivity index (χ2v) is 22.5. The van der Waals surface area contributed by atoms with Crippen LogP contribution < -0.4 is 22.9 Å². The summed E-state index contributed by atoms with van der Waals surface area (Å²) in [6, 6.07) is 0. The topological polar surface area (TPSA) is 590 Å². The molecule has 37 nitrogen and oxygen atoms in total. The molecule has 0 amide bonds. The zero-order valence-corrected chi connectivity index (χ0v) is 38.0. The van der Waals surface area contributed by atoms with Gasteiger partial charge in [0.05, 0.1) is 25.9 Å². The maximum atomic E-state index is 15.3. The lowest BCUT2D eigenvalue weighted by atomic mass is 9.96. The van der Waals surface area contributed by atoms with Crippen LogP contribution in [0.3, 0.4) is 0 Å². The predicted octanol–water partition coefficient (Wildman–Crippen LogP) is -2.34. The summed E-state index contributed by atoms with van der Waals surface area (Å²) in [5.41, 5.74) is 18.0. The largest absolute Gasteiger partial charge is 0.490 e. The second-order valence-electron chi connectivity index (χ2n) is 13.7. The van der Waals surface area contributed by atoms with E-state index in [9.17, 15) is 52.5 Å². The summed E-state index contributed by atoms with van der Waals surface area (Å²) in [6.07, 6.45) is -7.71. The number of aromatic nitrogens is 8. The van der Waals surface area contributed by atoms with Crippen LogP contribution in [0.1, 0.15) is 26.3 Å². The van der Waals surface area contributed by atoms with Gasteiger partial charge in [0.25, 0.3) is 0 Å². The molecule has 0 spiro atoms. The van der Waals surface area contributed by atoms with Crippen LogP contribution in [0, 0.1) is 0 Å². The molecule has 0 aromatic carbocycles. The van der Waals surface area contributed by atoms with Gasteiger partial charge in [0.2, 0.25) is 11.9 Å².